The van der Waals surface area contributed by atoms with Crippen LogP contribution < -0.4 is 5.32 Å². The predicted octanol–water partition coefficient (Wildman–Crippen LogP) is 0.849. The van der Waals surface area contributed by atoms with Gasteiger partial charge in [0, 0.05) is 30.2 Å². The lowest BCUT2D eigenvalue weighted by atomic mass is 10.3. The Bertz CT molecular complexity index is 273. The van der Waals surface area contributed by atoms with E-state index in [0.717, 1.165) is 23.9 Å². The number of hydrogen-bond acceptors (Lipinski definition) is 4. The number of aromatic nitrogens is 2. The highest BCUT2D eigenvalue weighted by Gasteiger charge is 2.18. The summed E-state index contributed by atoms with van der Waals surface area (Å²) in [5.74, 6) is 0. The van der Waals surface area contributed by atoms with E-state index in [4.69, 9.17) is 0 Å². The van der Waals surface area contributed by atoms with Crippen LogP contribution in [0.1, 0.15) is 5.69 Å². The van der Waals surface area contributed by atoms with Crippen LogP contribution in [0.25, 0.3) is 0 Å². The highest BCUT2D eigenvalue weighted by molar-refractivity contribution is 7.99. The van der Waals surface area contributed by atoms with Crippen LogP contribution in [-0.4, -0.2) is 28.3 Å². The molecule has 4 heteroatoms. The van der Waals surface area contributed by atoms with Crippen molar-refractivity contribution in [2.45, 2.75) is 17.3 Å². The summed E-state index contributed by atoms with van der Waals surface area (Å²) in [5, 5.41) is 4.80. The average Bonchev–Trinajstić information content (AvgIpc) is 1.97. The van der Waals surface area contributed by atoms with Gasteiger partial charge in [-0.05, 0) is 13.0 Å². The topological polar surface area (TPSA) is 37.8 Å². The van der Waals surface area contributed by atoms with Crippen molar-refractivity contribution in [1.82, 2.24) is 15.3 Å². The van der Waals surface area contributed by atoms with Gasteiger partial charge in [0.05, 0.1) is 0 Å². The van der Waals surface area contributed by atoms with Crippen molar-refractivity contribution in [2.75, 3.05) is 13.1 Å². The van der Waals surface area contributed by atoms with E-state index in [0.29, 0.717) is 5.25 Å². The molecule has 1 aromatic rings. The Hall–Kier alpha value is -0.610. The Kier molecular flexibility index (Phi) is 2.28. The molecule has 0 bridgehead atoms. The van der Waals surface area contributed by atoms with Crippen LogP contribution in [0.4, 0.5) is 0 Å². The second-order valence-electron chi connectivity index (χ2n) is 2.88. The minimum absolute atomic E-state index is 0.673. The molecule has 0 atom stereocenters. The summed E-state index contributed by atoms with van der Waals surface area (Å²) in [6, 6.07) is 1.92. The van der Waals surface area contributed by atoms with Crippen molar-refractivity contribution >= 4 is 11.8 Å². The van der Waals surface area contributed by atoms with E-state index in [9.17, 15) is 0 Å². The first-order valence-electron chi connectivity index (χ1n) is 4.01. The summed E-state index contributed by atoms with van der Waals surface area (Å²) < 4.78 is 0. The van der Waals surface area contributed by atoms with Gasteiger partial charge in [0.15, 0.2) is 5.16 Å². The zero-order chi connectivity index (χ0) is 8.39. The maximum Gasteiger partial charge on any atom is 0.188 e. The first-order chi connectivity index (χ1) is 5.84. The molecule has 1 saturated heterocycles. The lowest BCUT2D eigenvalue weighted by molar-refractivity contribution is 0.542. The lowest BCUT2D eigenvalue weighted by Gasteiger charge is -2.25. The first-order valence-corrected chi connectivity index (χ1v) is 4.89. The monoisotopic (exact) mass is 181 g/mol. The molecule has 12 heavy (non-hydrogen) atoms. The number of hydrogen-bond donors (Lipinski definition) is 1. The second-order valence-corrected chi connectivity index (χ2v) is 4.15. The summed E-state index contributed by atoms with van der Waals surface area (Å²) in [6.45, 7) is 4.16. The maximum atomic E-state index is 4.32. The predicted molar refractivity (Wildman–Crippen MR) is 49.3 cm³/mol. The highest BCUT2D eigenvalue weighted by atomic mass is 32.2. The van der Waals surface area contributed by atoms with E-state index in [-0.39, 0.29) is 0 Å². The fourth-order valence-corrected chi connectivity index (χ4v) is 2.00. The van der Waals surface area contributed by atoms with E-state index < -0.39 is 0 Å². The number of thioether (sulfide) groups is 1. The Morgan fingerprint density at radius 3 is 3.00 bits per heavy atom. The number of rotatable bonds is 2. The summed E-state index contributed by atoms with van der Waals surface area (Å²) in [6.07, 6.45) is 1.82. The van der Waals surface area contributed by atoms with Gasteiger partial charge in [-0.2, -0.15) is 0 Å². The Balaban J connectivity index is 2.02. The number of aryl methyl sites for hydroxylation is 1. The molecule has 0 saturated carbocycles. The molecule has 0 unspecified atom stereocenters. The van der Waals surface area contributed by atoms with Crippen molar-refractivity contribution < 1.29 is 0 Å². The lowest BCUT2D eigenvalue weighted by Crippen LogP contribution is -2.44. The molecule has 0 spiro atoms. The van der Waals surface area contributed by atoms with Gasteiger partial charge in [0.25, 0.3) is 0 Å². The van der Waals surface area contributed by atoms with Crippen LogP contribution in [0.3, 0.4) is 0 Å². The van der Waals surface area contributed by atoms with Crippen molar-refractivity contribution in [1.29, 1.82) is 0 Å². The van der Waals surface area contributed by atoms with Crippen molar-refractivity contribution in [3.05, 3.63) is 18.0 Å². The molecule has 2 rings (SSSR count). The molecule has 1 aromatic heterocycles. The van der Waals surface area contributed by atoms with E-state index in [2.05, 4.69) is 15.3 Å². The molecule has 3 nitrogen and oxygen atoms in total. The fraction of sp³-hybridized carbons (Fsp3) is 0.500. The van der Waals surface area contributed by atoms with E-state index >= 15 is 0 Å². The molecule has 1 aliphatic rings. The average molecular weight is 181 g/mol. The minimum Gasteiger partial charge on any atom is -0.314 e. The molecule has 64 valence electrons. The van der Waals surface area contributed by atoms with E-state index in [1.807, 2.05) is 19.2 Å². The van der Waals surface area contributed by atoms with Gasteiger partial charge >= 0.3 is 0 Å². The third-order valence-corrected chi connectivity index (χ3v) is 2.86. The van der Waals surface area contributed by atoms with E-state index in [1.54, 1.807) is 11.8 Å². The molecule has 0 aliphatic carbocycles. The number of nitrogens with one attached hydrogen (secondary N) is 1. The Morgan fingerprint density at radius 2 is 2.42 bits per heavy atom. The molecular formula is C8H11N3S. The van der Waals surface area contributed by atoms with Gasteiger partial charge in [-0.15, -0.1) is 0 Å². The van der Waals surface area contributed by atoms with Crippen LogP contribution in [-0.2, 0) is 0 Å². The highest BCUT2D eigenvalue weighted by Crippen LogP contribution is 2.21. The van der Waals surface area contributed by atoms with Crippen LogP contribution in [0.2, 0.25) is 0 Å². The van der Waals surface area contributed by atoms with Gasteiger partial charge in [0.1, 0.15) is 0 Å². The van der Waals surface area contributed by atoms with Crippen LogP contribution in [0.5, 0.6) is 0 Å². The SMILES string of the molecule is Cc1ccnc(SC2CNC2)n1. The summed E-state index contributed by atoms with van der Waals surface area (Å²) in [7, 11) is 0. The summed E-state index contributed by atoms with van der Waals surface area (Å²) in [4.78, 5) is 8.50. The smallest absolute Gasteiger partial charge is 0.188 e. The molecule has 2 heterocycles. The van der Waals surface area contributed by atoms with Crippen LogP contribution in [0, 0.1) is 6.92 Å². The molecular weight excluding hydrogens is 170 g/mol. The van der Waals surface area contributed by atoms with Gasteiger partial charge in [0.2, 0.25) is 0 Å². The standard InChI is InChI=1S/C8H11N3S/c1-6-2-3-10-8(11-6)12-7-4-9-5-7/h2-3,7,9H,4-5H2,1H3. The van der Waals surface area contributed by atoms with Crippen LogP contribution in [0.15, 0.2) is 17.4 Å². The van der Waals surface area contributed by atoms with Gasteiger partial charge in [-0.1, -0.05) is 11.8 Å². The molecule has 1 fully saturated rings. The molecule has 0 radical (unpaired) electrons. The largest absolute Gasteiger partial charge is 0.314 e. The second kappa shape index (κ2) is 3.41. The quantitative estimate of drug-likeness (QED) is 0.686. The van der Waals surface area contributed by atoms with Gasteiger partial charge in [-0.3, -0.25) is 0 Å². The van der Waals surface area contributed by atoms with Gasteiger partial charge < -0.3 is 5.32 Å². The zero-order valence-electron chi connectivity index (χ0n) is 6.95. The van der Waals surface area contributed by atoms with Crippen molar-refractivity contribution in [2.24, 2.45) is 0 Å². The minimum atomic E-state index is 0.673. The third-order valence-electron chi connectivity index (χ3n) is 1.79. The van der Waals surface area contributed by atoms with Crippen molar-refractivity contribution in [3.63, 3.8) is 0 Å². The van der Waals surface area contributed by atoms with Gasteiger partial charge in [-0.25, -0.2) is 9.97 Å². The summed E-state index contributed by atoms with van der Waals surface area (Å²) in [5.41, 5.74) is 1.04. The normalized spacial score (nSPS) is 17.4. The summed E-state index contributed by atoms with van der Waals surface area (Å²) >= 11 is 1.76. The molecule has 1 N–H and O–H groups in total. The molecule has 1 aliphatic heterocycles. The Morgan fingerprint density at radius 1 is 1.58 bits per heavy atom. The molecule has 0 aromatic carbocycles. The van der Waals surface area contributed by atoms with E-state index in [1.165, 1.54) is 0 Å². The maximum absolute atomic E-state index is 4.32. The number of nitrogens with zero attached hydrogens (tertiary/aromatic N) is 2. The molecule has 0 amide bonds. The Labute approximate surface area is 76.0 Å². The van der Waals surface area contributed by atoms with Crippen molar-refractivity contribution in [3.8, 4) is 0 Å². The zero-order valence-corrected chi connectivity index (χ0v) is 7.77. The van der Waals surface area contributed by atoms with Crippen LogP contribution >= 0.6 is 11.8 Å². The third kappa shape index (κ3) is 1.76. The first kappa shape index (κ1) is 8.01. The fourth-order valence-electron chi connectivity index (χ4n) is 0.977.